The molecule has 0 spiro atoms. The Morgan fingerprint density at radius 2 is 1.89 bits per heavy atom. The molecule has 1 fully saturated rings. The van der Waals surface area contributed by atoms with Crippen molar-refractivity contribution >= 4 is 17.7 Å². The summed E-state index contributed by atoms with van der Waals surface area (Å²) in [5, 5.41) is 13.5. The first kappa shape index (κ1) is 18.0. The van der Waals surface area contributed by atoms with Crippen molar-refractivity contribution in [1.29, 1.82) is 0 Å². The summed E-state index contributed by atoms with van der Waals surface area (Å²) in [5.41, 5.74) is 2.25. The SMILES string of the molecule is CCc1ccc(-c2noc(CSc3nnc(N4CCOCC4)n3C)n2)cc1. The van der Waals surface area contributed by atoms with Gasteiger partial charge >= 0.3 is 0 Å². The molecule has 0 aliphatic carbocycles. The van der Waals surface area contributed by atoms with Crippen molar-refractivity contribution in [2.75, 3.05) is 31.2 Å². The first-order valence-corrected chi connectivity index (χ1v) is 10.00. The number of anilines is 1. The molecule has 27 heavy (non-hydrogen) atoms. The van der Waals surface area contributed by atoms with Crippen molar-refractivity contribution in [3.05, 3.63) is 35.7 Å². The van der Waals surface area contributed by atoms with E-state index in [-0.39, 0.29) is 0 Å². The van der Waals surface area contributed by atoms with Crippen LogP contribution >= 0.6 is 11.8 Å². The van der Waals surface area contributed by atoms with Gasteiger partial charge in [-0.1, -0.05) is 48.1 Å². The zero-order valence-electron chi connectivity index (χ0n) is 15.5. The average Bonchev–Trinajstić information content (AvgIpc) is 3.34. The van der Waals surface area contributed by atoms with Crippen LogP contribution < -0.4 is 4.90 Å². The van der Waals surface area contributed by atoms with Crippen molar-refractivity contribution in [1.82, 2.24) is 24.9 Å². The normalized spacial score (nSPS) is 14.7. The van der Waals surface area contributed by atoms with Gasteiger partial charge in [0.15, 0.2) is 5.16 Å². The molecule has 0 bridgehead atoms. The molecule has 2 aromatic heterocycles. The summed E-state index contributed by atoms with van der Waals surface area (Å²) in [5.74, 6) is 2.60. The molecule has 1 aromatic carbocycles. The van der Waals surface area contributed by atoms with E-state index in [2.05, 4.69) is 44.3 Å². The van der Waals surface area contributed by atoms with Crippen LogP contribution in [0.5, 0.6) is 0 Å². The highest BCUT2D eigenvalue weighted by molar-refractivity contribution is 7.98. The van der Waals surface area contributed by atoms with Crippen LogP contribution in [0.25, 0.3) is 11.4 Å². The van der Waals surface area contributed by atoms with Gasteiger partial charge in [0.2, 0.25) is 17.7 Å². The van der Waals surface area contributed by atoms with Crippen LogP contribution in [0, 0.1) is 0 Å². The molecule has 8 nitrogen and oxygen atoms in total. The Bertz CT molecular complexity index is 886. The van der Waals surface area contributed by atoms with Crippen LogP contribution in [0.15, 0.2) is 33.9 Å². The molecule has 0 N–H and O–H groups in total. The summed E-state index contributed by atoms with van der Waals surface area (Å²) in [7, 11) is 1.97. The van der Waals surface area contributed by atoms with Crippen LogP contribution in [0.1, 0.15) is 18.4 Å². The maximum atomic E-state index is 5.39. The van der Waals surface area contributed by atoms with Gasteiger partial charge in [-0.3, -0.25) is 4.57 Å². The molecule has 1 saturated heterocycles. The van der Waals surface area contributed by atoms with Gasteiger partial charge < -0.3 is 14.2 Å². The highest BCUT2D eigenvalue weighted by Crippen LogP contribution is 2.25. The Hall–Kier alpha value is -2.39. The second kappa shape index (κ2) is 8.10. The molecule has 0 saturated carbocycles. The minimum atomic E-state index is 0.551. The molecule has 1 aliphatic rings. The lowest BCUT2D eigenvalue weighted by molar-refractivity contribution is 0.121. The number of morpholine rings is 1. The first-order chi connectivity index (χ1) is 13.2. The lowest BCUT2D eigenvalue weighted by Crippen LogP contribution is -2.37. The third kappa shape index (κ3) is 3.98. The van der Waals surface area contributed by atoms with Crippen molar-refractivity contribution in [2.24, 2.45) is 7.05 Å². The van der Waals surface area contributed by atoms with Gasteiger partial charge in [-0.15, -0.1) is 10.2 Å². The Morgan fingerprint density at radius 3 is 2.63 bits per heavy atom. The lowest BCUT2D eigenvalue weighted by atomic mass is 10.1. The number of hydrogen-bond donors (Lipinski definition) is 0. The zero-order chi connectivity index (χ0) is 18.6. The summed E-state index contributed by atoms with van der Waals surface area (Å²) in [4.78, 5) is 6.68. The van der Waals surface area contributed by atoms with Crippen molar-refractivity contribution in [3.63, 3.8) is 0 Å². The number of nitrogens with zero attached hydrogens (tertiary/aromatic N) is 6. The highest BCUT2D eigenvalue weighted by Gasteiger charge is 2.19. The van der Waals surface area contributed by atoms with E-state index in [4.69, 9.17) is 9.26 Å². The Labute approximate surface area is 161 Å². The van der Waals surface area contributed by atoms with Gasteiger partial charge in [0.1, 0.15) is 0 Å². The van der Waals surface area contributed by atoms with E-state index in [1.54, 1.807) is 0 Å². The Morgan fingerprint density at radius 1 is 1.11 bits per heavy atom. The molecule has 3 heterocycles. The molecule has 3 aromatic rings. The average molecular weight is 386 g/mol. The maximum Gasteiger partial charge on any atom is 0.237 e. The molecule has 4 rings (SSSR count). The van der Waals surface area contributed by atoms with Gasteiger partial charge in [-0.25, -0.2) is 0 Å². The molecule has 0 amide bonds. The second-order valence-corrected chi connectivity index (χ2v) is 7.23. The van der Waals surface area contributed by atoms with Gasteiger partial charge in [0.25, 0.3) is 0 Å². The number of aromatic nitrogens is 5. The van der Waals surface area contributed by atoms with Gasteiger partial charge in [0, 0.05) is 25.7 Å². The van der Waals surface area contributed by atoms with E-state index >= 15 is 0 Å². The topological polar surface area (TPSA) is 82.1 Å². The van der Waals surface area contributed by atoms with Crippen molar-refractivity contribution < 1.29 is 9.26 Å². The Balaban J connectivity index is 1.40. The predicted molar refractivity (Wildman–Crippen MR) is 103 cm³/mol. The molecule has 0 radical (unpaired) electrons. The molecular formula is C18H22N6O2S. The first-order valence-electron chi connectivity index (χ1n) is 9.01. The van der Waals surface area contributed by atoms with Crippen LogP contribution in [0.2, 0.25) is 0 Å². The number of ether oxygens (including phenoxy) is 1. The maximum absolute atomic E-state index is 5.39. The van der Waals surface area contributed by atoms with Crippen molar-refractivity contribution in [3.8, 4) is 11.4 Å². The fraction of sp³-hybridized carbons (Fsp3) is 0.444. The van der Waals surface area contributed by atoms with Gasteiger partial charge in [0.05, 0.1) is 19.0 Å². The summed E-state index contributed by atoms with van der Waals surface area (Å²) in [6.07, 6.45) is 1.01. The largest absolute Gasteiger partial charge is 0.378 e. The van der Waals surface area contributed by atoms with E-state index in [9.17, 15) is 0 Å². The van der Waals surface area contributed by atoms with E-state index in [1.165, 1.54) is 17.3 Å². The van der Waals surface area contributed by atoms with E-state index in [0.717, 1.165) is 49.4 Å². The van der Waals surface area contributed by atoms with E-state index in [1.807, 2.05) is 23.7 Å². The molecule has 0 unspecified atom stereocenters. The second-order valence-electron chi connectivity index (χ2n) is 6.29. The zero-order valence-corrected chi connectivity index (χ0v) is 16.3. The third-order valence-electron chi connectivity index (χ3n) is 4.52. The summed E-state index contributed by atoms with van der Waals surface area (Å²) in [6.45, 7) is 5.25. The minimum absolute atomic E-state index is 0.551. The number of thioether (sulfide) groups is 1. The van der Waals surface area contributed by atoms with Crippen LogP contribution in [0.3, 0.4) is 0 Å². The quantitative estimate of drug-likeness (QED) is 0.598. The monoisotopic (exact) mass is 386 g/mol. The molecular weight excluding hydrogens is 364 g/mol. The summed E-state index contributed by atoms with van der Waals surface area (Å²) < 4.78 is 12.8. The fourth-order valence-electron chi connectivity index (χ4n) is 2.92. The number of hydrogen-bond acceptors (Lipinski definition) is 8. The van der Waals surface area contributed by atoms with E-state index < -0.39 is 0 Å². The van der Waals surface area contributed by atoms with E-state index in [0.29, 0.717) is 17.5 Å². The standard InChI is InChI=1S/C18H22N6O2S/c1-3-13-4-6-14(7-5-13)16-19-15(26-22-16)12-27-18-21-20-17(23(18)2)24-8-10-25-11-9-24/h4-7H,3,8-12H2,1-2H3. The predicted octanol–water partition coefficient (Wildman–Crippen LogP) is 2.56. The van der Waals surface area contributed by atoms with Gasteiger partial charge in [-0.2, -0.15) is 4.98 Å². The molecule has 9 heteroatoms. The van der Waals surface area contributed by atoms with Crippen molar-refractivity contribution in [2.45, 2.75) is 24.3 Å². The minimum Gasteiger partial charge on any atom is -0.378 e. The Kier molecular flexibility index (Phi) is 5.40. The number of aryl methyl sites for hydroxylation is 1. The molecule has 1 aliphatic heterocycles. The molecule has 142 valence electrons. The summed E-state index contributed by atoms with van der Waals surface area (Å²) in [6, 6.07) is 8.23. The fourth-order valence-corrected chi connectivity index (χ4v) is 3.66. The molecule has 0 atom stereocenters. The van der Waals surface area contributed by atoms with Crippen LogP contribution in [-0.4, -0.2) is 51.2 Å². The van der Waals surface area contributed by atoms with Gasteiger partial charge in [-0.05, 0) is 12.0 Å². The van der Waals surface area contributed by atoms with Crippen LogP contribution in [0.4, 0.5) is 5.95 Å². The smallest absolute Gasteiger partial charge is 0.237 e. The number of rotatable bonds is 6. The number of benzene rings is 1. The van der Waals surface area contributed by atoms with Crippen LogP contribution in [-0.2, 0) is 24.0 Å². The lowest BCUT2D eigenvalue weighted by Gasteiger charge is -2.27. The third-order valence-corrected chi connectivity index (χ3v) is 5.52. The summed E-state index contributed by atoms with van der Waals surface area (Å²) >= 11 is 1.53. The highest BCUT2D eigenvalue weighted by atomic mass is 32.2.